The zero-order chi connectivity index (χ0) is 15.6. The number of hydrogen-bond acceptors (Lipinski definition) is 3. The first-order valence-electron chi connectivity index (χ1n) is 6.56. The Kier molecular flexibility index (Phi) is 5.16. The molecular weight excluding hydrogens is 348 g/mol. The molecule has 0 aromatic heterocycles. The number of carbonyl (C=O) groups is 1. The van der Waals surface area contributed by atoms with Crippen LogP contribution in [0.15, 0.2) is 16.6 Å². The lowest BCUT2D eigenvalue weighted by molar-refractivity contribution is -0.141. The molecule has 1 saturated heterocycles. The van der Waals surface area contributed by atoms with Gasteiger partial charge in [-0.15, -0.1) is 0 Å². The summed E-state index contributed by atoms with van der Waals surface area (Å²) in [6.07, 6.45) is 0.577. The summed E-state index contributed by atoms with van der Waals surface area (Å²) in [7, 11) is 0. The Morgan fingerprint density at radius 3 is 2.86 bits per heavy atom. The third-order valence-corrected chi connectivity index (χ3v) is 4.00. The van der Waals surface area contributed by atoms with E-state index < -0.39 is 18.5 Å². The van der Waals surface area contributed by atoms with E-state index in [1.807, 2.05) is 4.90 Å². The average Bonchev–Trinajstić information content (AvgIpc) is 2.82. The molecular formula is C14H16BrF2NO3. The number of benzene rings is 1. The van der Waals surface area contributed by atoms with Crippen LogP contribution >= 0.6 is 15.9 Å². The Hall–Kier alpha value is -1.21. The van der Waals surface area contributed by atoms with Crippen molar-refractivity contribution in [3.63, 3.8) is 0 Å². The smallest absolute Gasteiger partial charge is 0.387 e. The van der Waals surface area contributed by atoms with E-state index in [0.29, 0.717) is 37.2 Å². The minimum absolute atomic E-state index is 0.173. The summed E-state index contributed by atoms with van der Waals surface area (Å²) >= 11 is 3.34. The molecule has 1 fully saturated rings. The van der Waals surface area contributed by atoms with Gasteiger partial charge in [0.25, 0.3) is 0 Å². The Morgan fingerprint density at radius 1 is 1.57 bits per heavy atom. The number of aryl methyl sites for hydroxylation is 1. The number of nitrogens with zero attached hydrogens (tertiary/aromatic N) is 1. The lowest BCUT2D eigenvalue weighted by Crippen LogP contribution is -2.23. The maximum atomic E-state index is 12.5. The number of carboxylic acid groups (broad SMARTS) is 1. The fraction of sp³-hybridized carbons (Fsp3) is 0.500. The average molecular weight is 364 g/mol. The zero-order valence-electron chi connectivity index (χ0n) is 11.5. The van der Waals surface area contributed by atoms with Gasteiger partial charge in [0.05, 0.1) is 5.92 Å². The van der Waals surface area contributed by atoms with Crippen molar-refractivity contribution in [2.45, 2.75) is 26.5 Å². The van der Waals surface area contributed by atoms with Crippen LogP contribution in [0.2, 0.25) is 0 Å². The third-order valence-electron chi connectivity index (χ3n) is 3.54. The Bertz CT molecular complexity index is 539. The molecule has 2 rings (SSSR count). The number of likely N-dealkylation sites (tertiary alicyclic amines) is 1. The van der Waals surface area contributed by atoms with Crippen LogP contribution in [0, 0.1) is 12.8 Å². The van der Waals surface area contributed by atoms with Crippen molar-refractivity contribution < 1.29 is 23.4 Å². The van der Waals surface area contributed by atoms with Gasteiger partial charge in [-0.05, 0) is 37.6 Å². The monoisotopic (exact) mass is 363 g/mol. The maximum Gasteiger partial charge on any atom is 0.387 e. The second-order valence-electron chi connectivity index (χ2n) is 5.15. The van der Waals surface area contributed by atoms with Gasteiger partial charge < -0.3 is 9.84 Å². The van der Waals surface area contributed by atoms with Gasteiger partial charge in [-0.2, -0.15) is 8.78 Å². The van der Waals surface area contributed by atoms with Crippen LogP contribution in [-0.2, 0) is 11.3 Å². The molecule has 7 heteroatoms. The van der Waals surface area contributed by atoms with Gasteiger partial charge in [-0.25, -0.2) is 0 Å². The van der Waals surface area contributed by atoms with Gasteiger partial charge in [0, 0.05) is 23.1 Å². The number of hydrogen-bond donors (Lipinski definition) is 1. The van der Waals surface area contributed by atoms with E-state index in [-0.39, 0.29) is 5.75 Å². The summed E-state index contributed by atoms with van der Waals surface area (Å²) in [5.74, 6) is -1.03. The molecule has 1 atom stereocenters. The second kappa shape index (κ2) is 6.70. The first-order valence-corrected chi connectivity index (χ1v) is 7.35. The first-order chi connectivity index (χ1) is 9.86. The molecule has 0 bridgehead atoms. The highest BCUT2D eigenvalue weighted by molar-refractivity contribution is 9.10. The fourth-order valence-electron chi connectivity index (χ4n) is 2.59. The Labute approximate surface area is 129 Å². The van der Waals surface area contributed by atoms with Crippen LogP contribution in [-0.4, -0.2) is 35.7 Å². The molecule has 1 aromatic rings. The molecule has 1 heterocycles. The maximum absolute atomic E-state index is 12.5. The van der Waals surface area contributed by atoms with Crippen molar-refractivity contribution in [1.29, 1.82) is 0 Å². The number of halogens is 3. The van der Waals surface area contributed by atoms with Gasteiger partial charge in [0.15, 0.2) is 0 Å². The molecule has 116 valence electrons. The number of alkyl halides is 2. The number of ether oxygens (including phenoxy) is 1. The van der Waals surface area contributed by atoms with Crippen molar-refractivity contribution >= 4 is 21.9 Å². The minimum Gasteiger partial charge on any atom is -0.481 e. The summed E-state index contributed by atoms with van der Waals surface area (Å²) in [5.41, 5.74) is 1.25. The predicted octanol–water partition coefficient (Wildman–Crippen LogP) is 3.27. The summed E-state index contributed by atoms with van der Waals surface area (Å²) in [6.45, 7) is 0.280. The quantitative estimate of drug-likeness (QED) is 0.872. The molecule has 0 radical (unpaired) electrons. The first kappa shape index (κ1) is 16.2. The summed E-state index contributed by atoms with van der Waals surface area (Å²) < 4.78 is 30.5. The number of carboxylic acids is 1. The van der Waals surface area contributed by atoms with E-state index in [0.717, 1.165) is 4.47 Å². The molecule has 1 aliphatic heterocycles. The highest BCUT2D eigenvalue weighted by Crippen LogP contribution is 2.31. The van der Waals surface area contributed by atoms with Crippen LogP contribution in [0.1, 0.15) is 17.5 Å². The second-order valence-corrected chi connectivity index (χ2v) is 6.06. The van der Waals surface area contributed by atoms with Crippen LogP contribution < -0.4 is 4.74 Å². The molecule has 0 aliphatic carbocycles. The molecule has 0 amide bonds. The summed E-state index contributed by atoms with van der Waals surface area (Å²) in [4.78, 5) is 12.9. The van der Waals surface area contributed by atoms with E-state index in [9.17, 15) is 13.6 Å². The van der Waals surface area contributed by atoms with Gasteiger partial charge in [-0.3, -0.25) is 9.69 Å². The van der Waals surface area contributed by atoms with Gasteiger partial charge in [-0.1, -0.05) is 15.9 Å². The fourth-order valence-corrected chi connectivity index (χ4v) is 3.21. The molecule has 1 unspecified atom stereocenters. The zero-order valence-corrected chi connectivity index (χ0v) is 13.1. The highest BCUT2D eigenvalue weighted by atomic mass is 79.9. The summed E-state index contributed by atoms with van der Waals surface area (Å²) in [5, 5.41) is 9.00. The van der Waals surface area contributed by atoms with Crippen LogP contribution in [0.3, 0.4) is 0 Å². The van der Waals surface area contributed by atoms with Gasteiger partial charge in [0.2, 0.25) is 0 Å². The lowest BCUT2D eigenvalue weighted by Gasteiger charge is -2.19. The Morgan fingerprint density at radius 2 is 2.29 bits per heavy atom. The van der Waals surface area contributed by atoms with E-state index in [1.165, 1.54) is 0 Å². The van der Waals surface area contributed by atoms with E-state index in [2.05, 4.69) is 20.7 Å². The van der Waals surface area contributed by atoms with Crippen LogP contribution in [0.4, 0.5) is 8.78 Å². The lowest BCUT2D eigenvalue weighted by atomic mass is 10.1. The van der Waals surface area contributed by atoms with E-state index >= 15 is 0 Å². The number of aliphatic carboxylic acids is 1. The topological polar surface area (TPSA) is 49.8 Å². The predicted molar refractivity (Wildman–Crippen MR) is 76.5 cm³/mol. The largest absolute Gasteiger partial charge is 0.481 e. The molecule has 21 heavy (non-hydrogen) atoms. The van der Waals surface area contributed by atoms with Crippen molar-refractivity contribution in [2.75, 3.05) is 13.1 Å². The molecule has 1 aliphatic rings. The SMILES string of the molecule is Cc1cc(Br)cc(CN2CCC(C(=O)O)C2)c1OC(F)F. The van der Waals surface area contributed by atoms with Crippen LogP contribution in [0.25, 0.3) is 0 Å². The minimum atomic E-state index is -2.88. The van der Waals surface area contributed by atoms with Gasteiger partial charge in [0.1, 0.15) is 5.75 Å². The summed E-state index contributed by atoms with van der Waals surface area (Å²) in [6, 6.07) is 3.45. The highest BCUT2D eigenvalue weighted by Gasteiger charge is 2.28. The molecule has 0 spiro atoms. The molecule has 1 aromatic carbocycles. The van der Waals surface area contributed by atoms with E-state index in [4.69, 9.17) is 5.11 Å². The third kappa shape index (κ3) is 4.14. The van der Waals surface area contributed by atoms with Crippen molar-refractivity contribution in [3.8, 4) is 5.75 Å². The molecule has 4 nitrogen and oxygen atoms in total. The normalized spacial score (nSPS) is 19.2. The number of rotatable bonds is 5. The van der Waals surface area contributed by atoms with Crippen molar-refractivity contribution in [2.24, 2.45) is 5.92 Å². The molecule has 0 saturated carbocycles. The van der Waals surface area contributed by atoms with Crippen LogP contribution in [0.5, 0.6) is 5.75 Å². The molecule has 1 N–H and O–H groups in total. The van der Waals surface area contributed by atoms with E-state index in [1.54, 1.807) is 19.1 Å². The Balaban J connectivity index is 2.17. The van der Waals surface area contributed by atoms with Crippen molar-refractivity contribution in [1.82, 2.24) is 4.90 Å². The van der Waals surface area contributed by atoms with Gasteiger partial charge >= 0.3 is 12.6 Å². The van der Waals surface area contributed by atoms with Crippen molar-refractivity contribution in [3.05, 3.63) is 27.7 Å². The standard InChI is InChI=1S/C14H16BrF2NO3/c1-8-4-11(15)5-10(12(8)21-14(16)17)7-18-3-2-9(6-18)13(19)20/h4-5,9,14H,2-3,6-7H2,1H3,(H,19,20).